The fraction of sp³-hybridized carbons (Fsp3) is 0.977. The van der Waals surface area contributed by atoms with Crippen LogP contribution in [0.3, 0.4) is 0 Å². The summed E-state index contributed by atoms with van der Waals surface area (Å²) in [7, 11) is 0. The van der Waals surface area contributed by atoms with Crippen LogP contribution >= 0.6 is 0 Å². The Labute approximate surface area is 304 Å². The Morgan fingerprint density at radius 2 is 1.24 bits per heavy atom. The zero-order valence-electron chi connectivity index (χ0n) is 34.5. The van der Waals surface area contributed by atoms with Crippen molar-refractivity contribution in [3.8, 4) is 0 Å². The van der Waals surface area contributed by atoms with Gasteiger partial charge in [0.25, 0.3) is 0 Å². The minimum atomic E-state index is -0.683. The molecule has 3 unspecified atom stereocenters. The van der Waals surface area contributed by atoms with Gasteiger partial charge in [0.15, 0.2) is 5.79 Å². The van der Waals surface area contributed by atoms with Crippen molar-refractivity contribution in [2.75, 3.05) is 26.4 Å². The third-order valence-electron chi connectivity index (χ3n) is 12.5. The second-order valence-corrected chi connectivity index (χ2v) is 17.9. The Morgan fingerprint density at radius 3 is 1.69 bits per heavy atom. The van der Waals surface area contributed by atoms with E-state index in [0.717, 1.165) is 58.0 Å². The van der Waals surface area contributed by atoms with Gasteiger partial charge >= 0.3 is 5.97 Å². The molecule has 3 atom stereocenters. The molecule has 0 saturated carbocycles. The molecule has 0 aromatic heterocycles. The van der Waals surface area contributed by atoms with E-state index in [1.54, 1.807) is 0 Å². The molecule has 0 aliphatic carbocycles. The van der Waals surface area contributed by atoms with Gasteiger partial charge in [0.05, 0.1) is 30.8 Å². The quantitative estimate of drug-likeness (QED) is 0.0701. The first-order chi connectivity index (χ1) is 23.3. The van der Waals surface area contributed by atoms with Crippen LogP contribution in [0.15, 0.2) is 0 Å². The molecule has 0 aromatic rings. The van der Waals surface area contributed by atoms with Crippen LogP contribution in [-0.2, 0) is 23.8 Å². The van der Waals surface area contributed by atoms with Gasteiger partial charge in [0.2, 0.25) is 0 Å². The number of esters is 1. The Hall–Kier alpha value is -0.690. The minimum absolute atomic E-state index is 0.0785. The van der Waals surface area contributed by atoms with E-state index in [0.29, 0.717) is 31.7 Å². The number of hydrogen-bond acceptors (Lipinski definition) is 6. The van der Waals surface area contributed by atoms with Crippen molar-refractivity contribution in [1.82, 2.24) is 5.06 Å². The molecule has 0 amide bonds. The van der Waals surface area contributed by atoms with E-state index in [9.17, 15) is 4.79 Å². The monoisotopic (exact) mass is 694 g/mol. The van der Waals surface area contributed by atoms with Crippen LogP contribution < -0.4 is 0 Å². The summed E-state index contributed by atoms with van der Waals surface area (Å²) in [5, 5.41) is 2.33. The number of hydrogen-bond donors (Lipinski definition) is 0. The standard InChI is InChI=1S/C43H83NO5/c1-11-15-16-17-18-19-20-21-22-23-24-25-26-27-28-30-38(45)46-34-42(14-4)35-47-43(48-36-42)33-40(9,12-2)44(41(10,13-3)37(43)5)49-32-29-31-39(6,7)8/h37H,11-36H2,1-10H3. The highest BCUT2D eigenvalue weighted by Gasteiger charge is 2.63. The fourth-order valence-corrected chi connectivity index (χ4v) is 8.12. The van der Waals surface area contributed by atoms with Gasteiger partial charge in [-0.25, -0.2) is 0 Å². The summed E-state index contributed by atoms with van der Waals surface area (Å²) in [6.45, 7) is 24.9. The molecule has 2 aliphatic rings. The Morgan fingerprint density at radius 1 is 0.735 bits per heavy atom. The lowest BCUT2D eigenvalue weighted by Crippen LogP contribution is -2.74. The zero-order valence-corrected chi connectivity index (χ0v) is 34.5. The average Bonchev–Trinajstić information content (AvgIpc) is 3.08. The normalized spacial score (nSPS) is 29.5. The van der Waals surface area contributed by atoms with Crippen LogP contribution in [0, 0.1) is 16.7 Å². The molecule has 2 rings (SSSR count). The molecule has 1 spiro atoms. The van der Waals surface area contributed by atoms with Crippen LogP contribution in [0.25, 0.3) is 0 Å². The molecule has 2 saturated heterocycles. The highest BCUT2D eigenvalue weighted by molar-refractivity contribution is 5.69. The van der Waals surface area contributed by atoms with E-state index < -0.39 is 5.79 Å². The lowest BCUT2D eigenvalue weighted by Gasteiger charge is -2.64. The van der Waals surface area contributed by atoms with Crippen molar-refractivity contribution in [3.05, 3.63) is 0 Å². The van der Waals surface area contributed by atoms with Crippen LogP contribution in [0.4, 0.5) is 0 Å². The first-order valence-corrected chi connectivity index (χ1v) is 21.1. The van der Waals surface area contributed by atoms with E-state index in [4.69, 9.17) is 19.0 Å². The summed E-state index contributed by atoms with van der Waals surface area (Å²) in [6.07, 6.45) is 26.0. The summed E-state index contributed by atoms with van der Waals surface area (Å²) >= 11 is 0. The van der Waals surface area contributed by atoms with Gasteiger partial charge in [-0.2, -0.15) is 5.06 Å². The molecule has 2 aliphatic heterocycles. The highest BCUT2D eigenvalue weighted by atomic mass is 16.7. The first kappa shape index (κ1) is 44.5. The summed E-state index contributed by atoms with van der Waals surface area (Å²) in [5.41, 5.74) is -0.455. The second-order valence-electron chi connectivity index (χ2n) is 17.9. The van der Waals surface area contributed by atoms with Gasteiger partial charge in [0, 0.05) is 24.3 Å². The molecule has 0 N–H and O–H groups in total. The second kappa shape index (κ2) is 21.7. The highest BCUT2D eigenvalue weighted by Crippen LogP contribution is 2.54. The van der Waals surface area contributed by atoms with Gasteiger partial charge < -0.3 is 14.2 Å². The molecule has 2 heterocycles. The average molecular weight is 694 g/mol. The predicted molar refractivity (Wildman–Crippen MR) is 206 cm³/mol. The smallest absolute Gasteiger partial charge is 0.305 e. The van der Waals surface area contributed by atoms with Gasteiger partial charge in [-0.3, -0.25) is 9.63 Å². The van der Waals surface area contributed by atoms with Crippen molar-refractivity contribution in [1.29, 1.82) is 0 Å². The SMILES string of the molecule is CCCCCCCCCCCCCCCCCC(=O)OCC1(CC)COC2(CC(C)(CC)N(OCCCC(C)(C)C)C(C)(CC)C2C)OC1. The molecule has 6 heteroatoms. The lowest BCUT2D eigenvalue weighted by molar-refractivity contribution is -0.411. The molecule has 49 heavy (non-hydrogen) atoms. The molecule has 290 valence electrons. The maximum atomic E-state index is 12.7. The molecule has 0 bridgehead atoms. The lowest BCUT2D eigenvalue weighted by atomic mass is 9.66. The van der Waals surface area contributed by atoms with E-state index in [-0.39, 0.29) is 28.4 Å². The van der Waals surface area contributed by atoms with E-state index in [1.165, 1.54) is 83.5 Å². The Balaban J connectivity index is 1.75. The number of piperidine rings is 1. The summed E-state index contributed by atoms with van der Waals surface area (Å²) in [6, 6.07) is 0. The van der Waals surface area contributed by atoms with Gasteiger partial charge in [0.1, 0.15) is 6.61 Å². The Bertz CT molecular complexity index is 893. The molecular weight excluding hydrogens is 610 g/mol. The fourth-order valence-electron chi connectivity index (χ4n) is 8.12. The van der Waals surface area contributed by atoms with Crippen LogP contribution in [0.5, 0.6) is 0 Å². The number of carbonyl (C=O) groups is 1. The molecular formula is C43H83NO5. The minimum Gasteiger partial charge on any atom is -0.465 e. The zero-order chi connectivity index (χ0) is 36.4. The predicted octanol–water partition coefficient (Wildman–Crippen LogP) is 12.4. The number of hydroxylamine groups is 2. The van der Waals surface area contributed by atoms with Crippen molar-refractivity contribution in [3.63, 3.8) is 0 Å². The topological polar surface area (TPSA) is 57.2 Å². The maximum absolute atomic E-state index is 12.7. The summed E-state index contributed by atoms with van der Waals surface area (Å²) < 4.78 is 19.6. The molecule has 0 radical (unpaired) electrons. The van der Waals surface area contributed by atoms with Crippen molar-refractivity contribution in [2.45, 2.75) is 227 Å². The maximum Gasteiger partial charge on any atom is 0.305 e. The van der Waals surface area contributed by atoms with E-state index in [2.05, 4.69) is 74.3 Å². The first-order valence-electron chi connectivity index (χ1n) is 21.1. The van der Waals surface area contributed by atoms with Crippen molar-refractivity contribution < 1.29 is 23.8 Å². The van der Waals surface area contributed by atoms with Crippen LogP contribution in [0.1, 0.15) is 210 Å². The summed E-state index contributed by atoms with van der Waals surface area (Å²) in [5.74, 6) is -0.655. The van der Waals surface area contributed by atoms with Crippen LogP contribution in [0.2, 0.25) is 0 Å². The van der Waals surface area contributed by atoms with Crippen LogP contribution in [-0.4, -0.2) is 54.3 Å². The van der Waals surface area contributed by atoms with E-state index in [1.807, 2.05) is 0 Å². The number of ether oxygens (including phenoxy) is 3. The number of nitrogens with zero attached hydrogens (tertiary/aromatic N) is 1. The number of rotatable bonds is 25. The summed E-state index contributed by atoms with van der Waals surface area (Å²) in [4.78, 5) is 19.4. The third-order valence-corrected chi connectivity index (χ3v) is 12.5. The molecule has 2 fully saturated rings. The molecule has 6 nitrogen and oxygen atoms in total. The Kier molecular flexibility index (Phi) is 19.7. The number of unbranched alkanes of at least 4 members (excludes halogenated alkanes) is 14. The van der Waals surface area contributed by atoms with Gasteiger partial charge in [-0.05, 0) is 57.8 Å². The van der Waals surface area contributed by atoms with Gasteiger partial charge in [-0.1, -0.05) is 145 Å². The number of carbonyl (C=O) groups excluding carboxylic acids is 1. The van der Waals surface area contributed by atoms with Gasteiger partial charge in [-0.15, -0.1) is 0 Å². The van der Waals surface area contributed by atoms with Crippen molar-refractivity contribution in [2.24, 2.45) is 16.7 Å². The van der Waals surface area contributed by atoms with E-state index >= 15 is 0 Å². The van der Waals surface area contributed by atoms with Crippen molar-refractivity contribution >= 4 is 5.97 Å². The largest absolute Gasteiger partial charge is 0.465 e. The molecule has 0 aromatic carbocycles. The third kappa shape index (κ3) is 14.0.